The number of aryl methyl sites for hydroxylation is 1. The van der Waals surface area contributed by atoms with Crippen molar-refractivity contribution in [3.8, 4) is 11.1 Å². The Labute approximate surface area is 176 Å². The van der Waals surface area contributed by atoms with Crippen LogP contribution >= 0.6 is 15.9 Å². The molecule has 0 unspecified atom stereocenters. The monoisotopic (exact) mass is 474 g/mol. The molecule has 0 saturated heterocycles. The number of halogens is 2. The number of benzene rings is 3. The van der Waals surface area contributed by atoms with Crippen LogP contribution in [-0.4, -0.2) is 20.9 Å². The molecule has 3 aromatic carbocycles. The second-order valence-corrected chi connectivity index (χ2v) is 9.45. The molecule has 1 amide bonds. The van der Waals surface area contributed by atoms with Gasteiger partial charge in [0.2, 0.25) is 5.91 Å². The van der Waals surface area contributed by atoms with E-state index in [9.17, 15) is 17.6 Å². The number of hydrogen-bond acceptors (Lipinski definition) is 3. The minimum Gasteiger partial charge on any atom is -0.322 e. The van der Waals surface area contributed by atoms with Gasteiger partial charge in [-0.25, -0.2) is 12.8 Å². The smallest absolute Gasteiger partial charge is 0.265 e. The number of carbonyl (C=O) groups excluding carboxylic acids is 1. The maximum absolute atomic E-state index is 14.0. The van der Waals surface area contributed by atoms with E-state index in [1.165, 1.54) is 18.2 Å². The molecule has 1 aliphatic heterocycles. The molecule has 1 N–H and O–H groups in total. The van der Waals surface area contributed by atoms with Gasteiger partial charge in [0, 0.05) is 15.6 Å². The normalized spacial score (nSPS) is 14.1. The summed E-state index contributed by atoms with van der Waals surface area (Å²) in [4.78, 5) is 12.7. The zero-order valence-corrected chi connectivity index (χ0v) is 17.7. The molecule has 0 saturated carbocycles. The van der Waals surface area contributed by atoms with E-state index in [2.05, 4.69) is 21.2 Å². The second-order valence-electron chi connectivity index (χ2n) is 6.70. The Morgan fingerprint density at radius 1 is 1.07 bits per heavy atom. The molecular weight excluding hydrogens is 459 g/mol. The third kappa shape index (κ3) is 3.54. The summed E-state index contributed by atoms with van der Waals surface area (Å²) in [6, 6.07) is 16.3. The van der Waals surface area contributed by atoms with E-state index in [0.29, 0.717) is 15.7 Å². The van der Waals surface area contributed by atoms with Gasteiger partial charge in [0.25, 0.3) is 10.0 Å². The first-order valence-electron chi connectivity index (χ1n) is 8.75. The highest BCUT2D eigenvalue weighted by atomic mass is 79.9. The van der Waals surface area contributed by atoms with Gasteiger partial charge in [0.05, 0.1) is 16.3 Å². The van der Waals surface area contributed by atoms with Gasteiger partial charge < -0.3 is 5.32 Å². The van der Waals surface area contributed by atoms with Gasteiger partial charge in [-0.15, -0.1) is 0 Å². The molecule has 0 bridgehead atoms. The van der Waals surface area contributed by atoms with Gasteiger partial charge in [0.1, 0.15) is 12.4 Å². The quantitative estimate of drug-likeness (QED) is 0.597. The van der Waals surface area contributed by atoms with Crippen molar-refractivity contribution < 1.29 is 17.6 Å². The van der Waals surface area contributed by atoms with Crippen molar-refractivity contribution in [2.75, 3.05) is 16.2 Å². The third-order valence-corrected chi connectivity index (χ3v) is 6.97. The molecule has 0 aromatic heterocycles. The Kier molecular flexibility index (Phi) is 4.92. The number of sulfonamides is 1. The van der Waals surface area contributed by atoms with Crippen LogP contribution in [0.3, 0.4) is 0 Å². The highest BCUT2D eigenvalue weighted by molar-refractivity contribution is 9.10. The van der Waals surface area contributed by atoms with Crippen molar-refractivity contribution in [1.82, 2.24) is 0 Å². The Balaban J connectivity index is 1.73. The van der Waals surface area contributed by atoms with Crippen LogP contribution in [-0.2, 0) is 14.8 Å². The molecular formula is C21H16BrFN2O3S. The number of fused-ring (bicyclic) bond motifs is 3. The fourth-order valence-electron chi connectivity index (χ4n) is 3.33. The van der Waals surface area contributed by atoms with Crippen LogP contribution in [0.15, 0.2) is 70.0 Å². The number of nitrogens with zero attached hydrogens (tertiary/aromatic N) is 1. The summed E-state index contributed by atoms with van der Waals surface area (Å²) >= 11 is 3.16. The summed E-state index contributed by atoms with van der Waals surface area (Å²) in [5, 5.41) is 2.45. The molecule has 0 spiro atoms. The lowest BCUT2D eigenvalue weighted by Gasteiger charge is -2.31. The zero-order valence-electron chi connectivity index (χ0n) is 15.3. The van der Waals surface area contributed by atoms with Crippen LogP contribution in [0.4, 0.5) is 15.8 Å². The molecule has 4 rings (SSSR count). The van der Waals surface area contributed by atoms with Crippen LogP contribution < -0.4 is 9.62 Å². The average Bonchev–Trinajstić information content (AvgIpc) is 2.68. The first kappa shape index (κ1) is 19.6. The number of nitrogens with one attached hydrogen (secondary N) is 1. The van der Waals surface area contributed by atoms with Gasteiger partial charge in [0.15, 0.2) is 0 Å². The molecule has 0 radical (unpaired) electrons. The second kappa shape index (κ2) is 7.27. The van der Waals surface area contributed by atoms with Gasteiger partial charge >= 0.3 is 0 Å². The van der Waals surface area contributed by atoms with Gasteiger partial charge in [-0.2, -0.15) is 0 Å². The average molecular weight is 475 g/mol. The maximum Gasteiger partial charge on any atom is 0.265 e. The summed E-state index contributed by atoms with van der Waals surface area (Å²) in [5.74, 6) is -1.25. The zero-order chi connectivity index (χ0) is 20.8. The summed E-state index contributed by atoms with van der Waals surface area (Å²) in [6.07, 6.45) is 0. The molecule has 0 aliphatic carbocycles. The van der Waals surface area contributed by atoms with E-state index < -0.39 is 28.3 Å². The largest absolute Gasteiger partial charge is 0.322 e. The Morgan fingerprint density at radius 2 is 1.83 bits per heavy atom. The molecule has 148 valence electrons. The predicted octanol–water partition coefficient (Wildman–Crippen LogP) is 4.71. The van der Waals surface area contributed by atoms with E-state index in [1.54, 1.807) is 36.4 Å². The third-order valence-electron chi connectivity index (χ3n) is 4.66. The SMILES string of the molecule is Cc1ccc2c(c1)-c1ccccc1S(=O)(=O)N2CC(=O)Nc1ccc(Br)cc1F. The van der Waals surface area contributed by atoms with Crippen LogP contribution in [0.2, 0.25) is 0 Å². The number of hydrogen-bond donors (Lipinski definition) is 1. The molecule has 8 heteroatoms. The van der Waals surface area contributed by atoms with Gasteiger partial charge in [-0.05, 0) is 43.3 Å². The molecule has 3 aromatic rings. The standard InChI is InChI=1S/C21H16BrFN2O3S/c1-13-6-9-19-16(10-13)15-4-2-3-5-20(15)29(27,28)25(19)12-21(26)24-18-8-7-14(22)11-17(18)23/h2-11H,12H2,1H3,(H,24,26). The summed E-state index contributed by atoms with van der Waals surface area (Å²) in [7, 11) is -3.94. The van der Waals surface area contributed by atoms with E-state index in [-0.39, 0.29) is 10.6 Å². The molecule has 1 heterocycles. The van der Waals surface area contributed by atoms with Crippen molar-refractivity contribution in [1.29, 1.82) is 0 Å². The fourth-order valence-corrected chi connectivity index (χ4v) is 5.31. The topological polar surface area (TPSA) is 66.5 Å². The Morgan fingerprint density at radius 3 is 2.59 bits per heavy atom. The number of anilines is 2. The Bertz CT molecular complexity index is 1240. The van der Waals surface area contributed by atoms with Crippen molar-refractivity contribution in [2.24, 2.45) is 0 Å². The summed E-state index contributed by atoms with van der Waals surface area (Å²) in [5.41, 5.74) is 2.71. The fraction of sp³-hybridized carbons (Fsp3) is 0.0952. The lowest BCUT2D eigenvalue weighted by atomic mass is 10.0. The lowest BCUT2D eigenvalue weighted by Crippen LogP contribution is -2.40. The lowest BCUT2D eigenvalue weighted by molar-refractivity contribution is -0.114. The first-order chi connectivity index (χ1) is 13.8. The highest BCUT2D eigenvalue weighted by Gasteiger charge is 2.35. The van der Waals surface area contributed by atoms with Crippen molar-refractivity contribution in [2.45, 2.75) is 11.8 Å². The van der Waals surface area contributed by atoms with Crippen LogP contribution in [0.5, 0.6) is 0 Å². The van der Waals surface area contributed by atoms with E-state index in [1.807, 2.05) is 13.0 Å². The molecule has 0 fully saturated rings. The molecule has 5 nitrogen and oxygen atoms in total. The summed E-state index contributed by atoms with van der Waals surface area (Å²) < 4.78 is 42.1. The van der Waals surface area contributed by atoms with E-state index >= 15 is 0 Å². The van der Waals surface area contributed by atoms with Crippen molar-refractivity contribution in [3.63, 3.8) is 0 Å². The molecule has 29 heavy (non-hydrogen) atoms. The van der Waals surface area contributed by atoms with Crippen molar-refractivity contribution >= 4 is 43.2 Å². The molecule has 1 aliphatic rings. The Hall–Kier alpha value is -2.71. The predicted molar refractivity (Wildman–Crippen MR) is 114 cm³/mol. The molecule has 0 atom stereocenters. The number of rotatable bonds is 3. The van der Waals surface area contributed by atoms with Gasteiger partial charge in [-0.1, -0.05) is 45.8 Å². The minimum absolute atomic E-state index is 0.0165. The van der Waals surface area contributed by atoms with Crippen molar-refractivity contribution in [3.05, 3.63) is 76.5 Å². The maximum atomic E-state index is 14.0. The van der Waals surface area contributed by atoms with E-state index in [4.69, 9.17) is 0 Å². The summed E-state index contributed by atoms with van der Waals surface area (Å²) in [6.45, 7) is 1.45. The van der Waals surface area contributed by atoms with E-state index in [0.717, 1.165) is 15.4 Å². The minimum atomic E-state index is -3.94. The number of carbonyl (C=O) groups is 1. The number of amides is 1. The van der Waals surface area contributed by atoms with Crippen LogP contribution in [0.25, 0.3) is 11.1 Å². The first-order valence-corrected chi connectivity index (χ1v) is 11.0. The van der Waals surface area contributed by atoms with Crippen LogP contribution in [0, 0.1) is 12.7 Å². The van der Waals surface area contributed by atoms with Crippen LogP contribution in [0.1, 0.15) is 5.56 Å². The highest BCUT2D eigenvalue weighted by Crippen LogP contribution is 2.43. The van der Waals surface area contributed by atoms with Gasteiger partial charge in [-0.3, -0.25) is 9.10 Å².